The Balaban J connectivity index is 2.07. The van der Waals surface area contributed by atoms with Crippen molar-refractivity contribution in [1.29, 1.82) is 0 Å². The van der Waals surface area contributed by atoms with E-state index in [4.69, 9.17) is 19.2 Å². The molecule has 0 atom stereocenters. The zero-order chi connectivity index (χ0) is 26.5. The molecule has 0 aliphatic heterocycles. The molecular weight excluding hydrogens is 476 g/mol. The molecule has 37 heavy (non-hydrogen) atoms. The van der Waals surface area contributed by atoms with Gasteiger partial charge in [-0.15, -0.1) is 0 Å². The van der Waals surface area contributed by atoms with Crippen molar-refractivity contribution in [3.05, 3.63) is 75.6 Å². The molecule has 1 aromatic carbocycles. The maximum atomic E-state index is 13.4. The highest BCUT2D eigenvalue weighted by molar-refractivity contribution is 5.97. The van der Waals surface area contributed by atoms with Gasteiger partial charge in [0, 0.05) is 18.3 Å². The summed E-state index contributed by atoms with van der Waals surface area (Å²) in [5.74, 6) is -0.459. The maximum absolute atomic E-state index is 13.4. The van der Waals surface area contributed by atoms with Gasteiger partial charge in [0.25, 0.3) is 11.5 Å². The van der Waals surface area contributed by atoms with Crippen molar-refractivity contribution < 1.29 is 23.8 Å². The predicted molar refractivity (Wildman–Crippen MR) is 137 cm³/mol. The van der Waals surface area contributed by atoms with Crippen molar-refractivity contribution >= 4 is 28.6 Å². The zero-order valence-corrected chi connectivity index (χ0v) is 21.2. The molecule has 10 nitrogen and oxygen atoms in total. The second-order valence-corrected chi connectivity index (χ2v) is 8.18. The lowest BCUT2D eigenvalue weighted by Crippen LogP contribution is -2.33. The highest BCUT2D eigenvalue weighted by Crippen LogP contribution is 2.27. The van der Waals surface area contributed by atoms with Crippen molar-refractivity contribution in [3.8, 4) is 11.5 Å². The second kappa shape index (κ2) is 11.1. The van der Waals surface area contributed by atoms with Crippen LogP contribution in [-0.2, 0) is 11.3 Å². The van der Waals surface area contributed by atoms with E-state index in [1.807, 2.05) is 6.92 Å². The Morgan fingerprint density at radius 2 is 1.81 bits per heavy atom. The number of hydrogen-bond acceptors (Lipinski definition) is 7. The molecule has 0 fully saturated rings. The minimum absolute atomic E-state index is 0.00839. The molecular formula is C27H28N4O6. The van der Waals surface area contributed by atoms with Gasteiger partial charge in [0.05, 0.1) is 26.2 Å². The number of nitrogens with zero attached hydrogens (tertiary/aromatic N) is 4. The van der Waals surface area contributed by atoms with E-state index in [1.165, 1.54) is 30.8 Å². The van der Waals surface area contributed by atoms with Crippen molar-refractivity contribution in [1.82, 2.24) is 14.0 Å². The fourth-order valence-corrected chi connectivity index (χ4v) is 4.02. The van der Waals surface area contributed by atoms with Crippen LogP contribution in [0.25, 0.3) is 16.7 Å². The van der Waals surface area contributed by atoms with Crippen LogP contribution in [0.1, 0.15) is 47.4 Å². The lowest BCUT2D eigenvalue weighted by Gasteiger charge is -2.15. The third-order valence-corrected chi connectivity index (χ3v) is 5.86. The lowest BCUT2D eigenvalue weighted by atomic mass is 10.1. The van der Waals surface area contributed by atoms with Gasteiger partial charge in [0.2, 0.25) is 0 Å². The number of methoxy groups -OCH3 is 2. The van der Waals surface area contributed by atoms with Crippen LogP contribution in [0, 0.1) is 0 Å². The monoisotopic (exact) mass is 504 g/mol. The average Bonchev–Trinajstić information content (AvgIpc) is 2.92. The van der Waals surface area contributed by atoms with Crippen LogP contribution in [0.2, 0.25) is 0 Å². The Morgan fingerprint density at radius 3 is 2.51 bits per heavy atom. The number of pyridine rings is 2. The summed E-state index contributed by atoms with van der Waals surface area (Å²) in [5.41, 5.74) is 0.749. The Kier molecular flexibility index (Phi) is 7.66. The van der Waals surface area contributed by atoms with E-state index in [2.05, 4.69) is 4.99 Å². The fraction of sp³-hybridized carbons (Fsp3) is 0.296. The number of benzene rings is 1. The third kappa shape index (κ3) is 4.95. The summed E-state index contributed by atoms with van der Waals surface area (Å²) >= 11 is 0. The summed E-state index contributed by atoms with van der Waals surface area (Å²) in [7, 11) is 2.97. The van der Waals surface area contributed by atoms with Crippen LogP contribution in [0.5, 0.6) is 11.5 Å². The van der Waals surface area contributed by atoms with Gasteiger partial charge in [-0.1, -0.05) is 19.4 Å². The van der Waals surface area contributed by atoms with Crippen molar-refractivity contribution in [3.63, 3.8) is 0 Å². The third-order valence-electron chi connectivity index (χ3n) is 5.86. The summed E-state index contributed by atoms with van der Waals surface area (Å²) in [6, 6.07) is 11.3. The van der Waals surface area contributed by atoms with Gasteiger partial charge in [-0.3, -0.25) is 14.0 Å². The van der Waals surface area contributed by atoms with E-state index in [0.29, 0.717) is 35.8 Å². The Morgan fingerprint density at radius 1 is 1.03 bits per heavy atom. The molecule has 0 bridgehead atoms. The van der Waals surface area contributed by atoms with E-state index < -0.39 is 11.9 Å². The van der Waals surface area contributed by atoms with Crippen molar-refractivity contribution in [2.45, 2.75) is 33.2 Å². The molecule has 0 radical (unpaired) electrons. The zero-order valence-electron chi connectivity index (χ0n) is 21.2. The molecule has 3 aromatic heterocycles. The van der Waals surface area contributed by atoms with Gasteiger partial charge in [-0.05, 0) is 49.7 Å². The Bertz CT molecular complexity index is 1620. The largest absolute Gasteiger partial charge is 0.493 e. The molecule has 192 valence electrons. The Labute approximate surface area is 212 Å². The molecule has 0 saturated heterocycles. The normalized spacial score (nSPS) is 11.6. The van der Waals surface area contributed by atoms with Gasteiger partial charge in [0.15, 0.2) is 17.0 Å². The molecule has 0 unspecified atom stereocenters. The smallest absolute Gasteiger partial charge is 0.341 e. The number of amides is 1. The summed E-state index contributed by atoms with van der Waals surface area (Å²) in [4.78, 5) is 48.8. The minimum Gasteiger partial charge on any atom is -0.493 e. The van der Waals surface area contributed by atoms with Crippen molar-refractivity contribution in [2.75, 3.05) is 20.8 Å². The van der Waals surface area contributed by atoms with Gasteiger partial charge in [-0.2, -0.15) is 4.99 Å². The van der Waals surface area contributed by atoms with Gasteiger partial charge >= 0.3 is 5.97 Å². The van der Waals surface area contributed by atoms with Crippen LogP contribution in [-0.4, -0.2) is 46.7 Å². The molecule has 0 N–H and O–H groups in total. The number of aryl methyl sites for hydroxylation is 1. The number of aromatic nitrogens is 3. The number of hydrogen-bond donors (Lipinski definition) is 0. The van der Waals surface area contributed by atoms with E-state index in [1.54, 1.807) is 48.0 Å². The highest BCUT2D eigenvalue weighted by Gasteiger charge is 2.20. The SMILES string of the molecule is CCCCn1c(=NC(=O)c2ccc(OC)c(OC)c2)c(C(=O)OCC)cc2c(=O)n3ccccc3nc21. The topological polar surface area (TPSA) is 113 Å². The van der Waals surface area contributed by atoms with Crippen LogP contribution in [0.3, 0.4) is 0 Å². The van der Waals surface area contributed by atoms with Crippen LogP contribution in [0.4, 0.5) is 0 Å². The van der Waals surface area contributed by atoms with E-state index in [9.17, 15) is 14.4 Å². The summed E-state index contributed by atoms with van der Waals surface area (Å²) < 4.78 is 18.9. The molecule has 10 heteroatoms. The Hall–Kier alpha value is -4.47. The number of unbranched alkanes of at least 4 members (excludes halogenated alkanes) is 1. The summed E-state index contributed by atoms with van der Waals surface area (Å²) in [6.07, 6.45) is 3.14. The fourth-order valence-electron chi connectivity index (χ4n) is 4.02. The standard InChI is InChI=1S/C27H28N4O6/c1-5-7-13-31-23-18(26(33)30-14-9-8-10-22(30)28-23)16-19(27(34)37-6-2)24(31)29-25(32)17-11-12-20(35-3)21(15-17)36-4/h8-12,14-16H,5-7,13H2,1-4H3. The number of carbonyl (C=O) groups excluding carboxylic acids is 2. The number of fused-ring (bicyclic) bond motifs is 2. The molecule has 4 aromatic rings. The molecule has 0 spiro atoms. The first-order chi connectivity index (χ1) is 17.9. The first kappa shape index (κ1) is 25.6. The van der Waals surface area contributed by atoms with Crippen molar-refractivity contribution in [2.24, 2.45) is 4.99 Å². The van der Waals surface area contributed by atoms with E-state index >= 15 is 0 Å². The molecule has 4 rings (SSSR count). The lowest BCUT2D eigenvalue weighted by molar-refractivity contribution is 0.0523. The average molecular weight is 505 g/mol. The molecule has 0 saturated carbocycles. The highest BCUT2D eigenvalue weighted by atomic mass is 16.5. The molecule has 0 aliphatic carbocycles. The predicted octanol–water partition coefficient (Wildman–Crippen LogP) is 3.38. The van der Waals surface area contributed by atoms with E-state index in [0.717, 1.165) is 6.42 Å². The molecule has 1 amide bonds. The van der Waals surface area contributed by atoms with Gasteiger partial charge in [-0.25, -0.2) is 9.78 Å². The number of rotatable bonds is 8. The quantitative estimate of drug-likeness (QED) is 0.267. The maximum Gasteiger partial charge on any atom is 0.341 e. The first-order valence-electron chi connectivity index (χ1n) is 12.0. The summed E-state index contributed by atoms with van der Waals surface area (Å²) in [6.45, 7) is 4.19. The number of ether oxygens (including phenoxy) is 3. The van der Waals surface area contributed by atoms with Gasteiger partial charge in [0.1, 0.15) is 16.9 Å². The second-order valence-electron chi connectivity index (χ2n) is 8.18. The minimum atomic E-state index is -0.689. The van der Waals surface area contributed by atoms with E-state index in [-0.39, 0.29) is 34.2 Å². The van der Waals surface area contributed by atoms with Crippen LogP contribution < -0.4 is 20.5 Å². The van der Waals surface area contributed by atoms with Crippen LogP contribution in [0.15, 0.2) is 58.4 Å². The van der Waals surface area contributed by atoms with Gasteiger partial charge < -0.3 is 18.8 Å². The molecule has 0 aliphatic rings. The van der Waals surface area contributed by atoms with Crippen LogP contribution >= 0.6 is 0 Å². The first-order valence-corrected chi connectivity index (χ1v) is 12.0. The summed E-state index contributed by atoms with van der Waals surface area (Å²) in [5, 5.41) is 0.223. The number of carbonyl (C=O) groups is 2. The number of esters is 1. The molecule has 3 heterocycles.